The van der Waals surface area contributed by atoms with Crippen molar-refractivity contribution in [1.82, 2.24) is 5.43 Å². The molecule has 1 aliphatic heterocycles. The van der Waals surface area contributed by atoms with Gasteiger partial charge in [-0.1, -0.05) is 30.3 Å². The molecule has 136 valence electrons. The predicted octanol–water partition coefficient (Wildman–Crippen LogP) is 2.87. The third-order valence-corrected chi connectivity index (χ3v) is 3.91. The summed E-state index contributed by atoms with van der Waals surface area (Å²) >= 11 is 0. The minimum absolute atomic E-state index is 0.108. The van der Waals surface area contributed by atoms with Gasteiger partial charge in [0.25, 0.3) is 0 Å². The van der Waals surface area contributed by atoms with Crippen LogP contribution in [0, 0.1) is 0 Å². The molecular formula is C20H22N2O4. The summed E-state index contributed by atoms with van der Waals surface area (Å²) < 4.78 is 16.5. The smallest absolute Gasteiger partial charge is 0.245 e. The van der Waals surface area contributed by atoms with E-state index in [1.165, 1.54) is 0 Å². The number of carbonyl (C=O) groups excluding carboxylic acids is 1. The molecule has 1 saturated heterocycles. The second-order valence-corrected chi connectivity index (χ2v) is 6.14. The summed E-state index contributed by atoms with van der Waals surface area (Å²) in [6.07, 6.45) is 1.69. The largest absolute Gasteiger partial charge is 0.489 e. The SMILES string of the molecule is CC1(CC(=O)NN=Cc2ccc(OCc3ccccc3)cc2)OCCO1. The van der Waals surface area contributed by atoms with Gasteiger partial charge in [0.2, 0.25) is 5.91 Å². The van der Waals surface area contributed by atoms with Gasteiger partial charge >= 0.3 is 0 Å². The lowest BCUT2D eigenvalue weighted by Gasteiger charge is -2.20. The predicted molar refractivity (Wildman–Crippen MR) is 97.9 cm³/mol. The molecule has 1 aliphatic rings. The van der Waals surface area contributed by atoms with Crippen LogP contribution in [0.4, 0.5) is 0 Å². The Bertz CT molecular complexity index is 738. The van der Waals surface area contributed by atoms with E-state index in [-0.39, 0.29) is 12.3 Å². The lowest BCUT2D eigenvalue weighted by Crippen LogP contribution is -2.33. The number of nitrogens with zero attached hydrogens (tertiary/aromatic N) is 1. The van der Waals surface area contributed by atoms with Crippen LogP contribution in [0.5, 0.6) is 5.75 Å². The number of rotatable bonds is 7. The number of hydrazone groups is 1. The first-order valence-electron chi connectivity index (χ1n) is 8.50. The van der Waals surface area contributed by atoms with Crippen LogP contribution in [-0.4, -0.2) is 31.1 Å². The van der Waals surface area contributed by atoms with Gasteiger partial charge in [-0.25, -0.2) is 5.43 Å². The highest BCUT2D eigenvalue weighted by atomic mass is 16.7. The van der Waals surface area contributed by atoms with Crippen LogP contribution in [0.1, 0.15) is 24.5 Å². The molecule has 0 spiro atoms. The van der Waals surface area contributed by atoms with Crippen molar-refractivity contribution in [2.24, 2.45) is 5.10 Å². The molecule has 0 aromatic heterocycles. The molecule has 0 saturated carbocycles. The van der Waals surface area contributed by atoms with Gasteiger partial charge in [-0.3, -0.25) is 4.79 Å². The lowest BCUT2D eigenvalue weighted by atomic mass is 10.2. The summed E-state index contributed by atoms with van der Waals surface area (Å²) in [6, 6.07) is 17.5. The van der Waals surface area contributed by atoms with Gasteiger partial charge < -0.3 is 14.2 Å². The van der Waals surface area contributed by atoms with Crippen LogP contribution in [0.3, 0.4) is 0 Å². The Hall–Kier alpha value is -2.70. The summed E-state index contributed by atoms with van der Waals surface area (Å²) in [5.74, 6) is -0.330. The first kappa shape index (κ1) is 18.1. The van der Waals surface area contributed by atoms with Crippen LogP contribution in [0.2, 0.25) is 0 Å². The van der Waals surface area contributed by atoms with Crippen LogP contribution in [-0.2, 0) is 20.9 Å². The number of benzene rings is 2. The molecule has 0 unspecified atom stereocenters. The zero-order valence-corrected chi connectivity index (χ0v) is 14.7. The molecule has 3 rings (SSSR count). The number of nitrogens with one attached hydrogen (secondary N) is 1. The van der Waals surface area contributed by atoms with E-state index in [9.17, 15) is 4.79 Å². The monoisotopic (exact) mass is 354 g/mol. The van der Waals surface area contributed by atoms with Gasteiger partial charge in [0.15, 0.2) is 5.79 Å². The molecule has 0 radical (unpaired) electrons. The standard InChI is InChI=1S/C20H22N2O4/c1-20(25-11-12-26-20)13-19(23)22-21-14-16-7-9-18(10-8-16)24-15-17-5-3-2-4-6-17/h2-10,14H,11-13,15H2,1H3,(H,22,23). The molecule has 6 nitrogen and oxygen atoms in total. The summed E-state index contributed by atoms with van der Waals surface area (Å²) in [4.78, 5) is 11.9. The maximum Gasteiger partial charge on any atom is 0.245 e. The Morgan fingerprint density at radius 3 is 2.54 bits per heavy atom. The van der Waals surface area contributed by atoms with Crippen molar-refractivity contribution < 1.29 is 19.0 Å². The van der Waals surface area contributed by atoms with Crippen LogP contribution in [0.25, 0.3) is 0 Å². The minimum Gasteiger partial charge on any atom is -0.489 e. The second-order valence-electron chi connectivity index (χ2n) is 6.14. The van der Waals surface area contributed by atoms with E-state index in [1.54, 1.807) is 13.1 Å². The van der Waals surface area contributed by atoms with E-state index in [0.717, 1.165) is 16.9 Å². The highest BCUT2D eigenvalue weighted by Crippen LogP contribution is 2.22. The molecule has 0 atom stereocenters. The van der Waals surface area contributed by atoms with Crippen LogP contribution in [0.15, 0.2) is 59.7 Å². The van der Waals surface area contributed by atoms with Gasteiger partial charge in [-0.2, -0.15) is 5.10 Å². The average molecular weight is 354 g/mol. The first-order valence-corrected chi connectivity index (χ1v) is 8.50. The van der Waals surface area contributed by atoms with Gasteiger partial charge in [0.05, 0.1) is 25.8 Å². The van der Waals surface area contributed by atoms with Gasteiger partial charge in [0, 0.05) is 0 Å². The quantitative estimate of drug-likeness (QED) is 0.613. The molecule has 2 aromatic carbocycles. The van der Waals surface area contributed by atoms with Crippen molar-refractivity contribution in [3.05, 3.63) is 65.7 Å². The highest BCUT2D eigenvalue weighted by molar-refractivity contribution is 5.82. The zero-order chi connectivity index (χ0) is 18.2. The first-order chi connectivity index (χ1) is 12.6. The Balaban J connectivity index is 1.44. The van der Waals surface area contributed by atoms with Gasteiger partial charge in [0.1, 0.15) is 12.4 Å². The molecule has 1 N–H and O–H groups in total. The molecule has 1 heterocycles. The molecule has 2 aromatic rings. The maximum absolute atomic E-state index is 11.9. The van der Waals surface area contributed by atoms with Crippen molar-refractivity contribution in [3.63, 3.8) is 0 Å². The normalized spacial score (nSPS) is 15.9. The summed E-state index contributed by atoms with van der Waals surface area (Å²) in [6.45, 7) is 3.28. The van der Waals surface area contributed by atoms with Crippen molar-refractivity contribution in [2.45, 2.75) is 25.7 Å². The average Bonchev–Trinajstić information content (AvgIpc) is 3.08. The topological polar surface area (TPSA) is 69.2 Å². The summed E-state index contributed by atoms with van der Waals surface area (Å²) in [5, 5.41) is 3.96. The van der Waals surface area contributed by atoms with E-state index in [0.29, 0.717) is 19.8 Å². The second kappa shape index (κ2) is 8.60. The molecule has 0 bridgehead atoms. The molecule has 1 amide bonds. The summed E-state index contributed by atoms with van der Waals surface area (Å²) in [7, 11) is 0. The van der Waals surface area contributed by atoms with E-state index in [1.807, 2.05) is 54.6 Å². The van der Waals surface area contributed by atoms with Gasteiger partial charge in [-0.05, 0) is 42.3 Å². The fraction of sp³-hybridized carbons (Fsp3) is 0.300. The molecule has 6 heteroatoms. The number of amides is 1. The van der Waals surface area contributed by atoms with E-state index in [2.05, 4.69) is 10.5 Å². The Morgan fingerprint density at radius 2 is 1.85 bits per heavy atom. The minimum atomic E-state index is -0.850. The molecular weight excluding hydrogens is 332 g/mol. The fourth-order valence-corrected chi connectivity index (χ4v) is 2.56. The number of carbonyl (C=O) groups is 1. The Kier molecular flexibility index (Phi) is 5.99. The van der Waals surface area contributed by atoms with Crippen LogP contribution >= 0.6 is 0 Å². The van der Waals surface area contributed by atoms with Crippen molar-refractivity contribution in [1.29, 1.82) is 0 Å². The van der Waals surface area contributed by atoms with E-state index < -0.39 is 5.79 Å². The van der Waals surface area contributed by atoms with E-state index in [4.69, 9.17) is 14.2 Å². The molecule has 1 fully saturated rings. The van der Waals surface area contributed by atoms with Crippen molar-refractivity contribution in [2.75, 3.05) is 13.2 Å². The third kappa shape index (κ3) is 5.40. The van der Waals surface area contributed by atoms with E-state index >= 15 is 0 Å². The Morgan fingerprint density at radius 1 is 1.15 bits per heavy atom. The molecule has 26 heavy (non-hydrogen) atoms. The van der Waals surface area contributed by atoms with Crippen molar-refractivity contribution >= 4 is 12.1 Å². The highest BCUT2D eigenvalue weighted by Gasteiger charge is 2.33. The summed E-state index contributed by atoms with van der Waals surface area (Å²) in [5.41, 5.74) is 4.46. The number of hydrogen-bond donors (Lipinski definition) is 1. The number of hydrogen-bond acceptors (Lipinski definition) is 5. The van der Waals surface area contributed by atoms with Crippen LogP contribution < -0.4 is 10.2 Å². The number of ether oxygens (including phenoxy) is 3. The maximum atomic E-state index is 11.9. The van der Waals surface area contributed by atoms with Crippen molar-refractivity contribution in [3.8, 4) is 5.75 Å². The fourth-order valence-electron chi connectivity index (χ4n) is 2.56. The Labute approximate surface area is 152 Å². The van der Waals surface area contributed by atoms with Gasteiger partial charge in [-0.15, -0.1) is 0 Å². The molecule has 0 aliphatic carbocycles. The zero-order valence-electron chi connectivity index (χ0n) is 14.7. The lowest BCUT2D eigenvalue weighted by molar-refractivity contribution is -0.159. The third-order valence-electron chi connectivity index (χ3n) is 3.91.